The summed E-state index contributed by atoms with van der Waals surface area (Å²) in [5.41, 5.74) is 0.943. The maximum atomic E-state index is 15.0. The number of amides is 1. The lowest BCUT2D eigenvalue weighted by Crippen LogP contribution is -2.34. The van der Waals surface area contributed by atoms with Gasteiger partial charge in [-0.2, -0.15) is 5.10 Å². The average Bonchev–Trinajstić information content (AvgIpc) is 3.53. The number of aliphatic hydroxyl groups excluding tert-OH is 1. The minimum Gasteiger partial charge on any atom is -0.388 e. The Kier molecular flexibility index (Phi) is 6.55. The Morgan fingerprint density at radius 1 is 1.37 bits per heavy atom. The van der Waals surface area contributed by atoms with Crippen molar-refractivity contribution in [2.24, 2.45) is 11.0 Å². The minimum absolute atomic E-state index is 0.110. The van der Waals surface area contributed by atoms with Crippen molar-refractivity contribution in [2.45, 2.75) is 46.1 Å². The summed E-state index contributed by atoms with van der Waals surface area (Å²) >= 11 is 0. The zero-order valence-corrected chi connectivity index (χ0v) is 17.9. The molecule has 7 nitrogen and oxygen atoms in total. The summed E-state index contributed by atoms with van der Waals surface area (Å²) in [7, 11) is 1.54. The van der Waals surface area contributed by atoms with Crippen molar-refractivity contribution in [3.63, 3.8) is 0 Å². The van der Waals surface area contributed by atoms with Crippen molar-refractivity contribution < 1.29 is 14.3 Å². The highest BCUT2D eigenvalue weighted by atomic mass is 19.1. The number of hydrogen-bond acceptors (Lipinski definition) is 5. The Bertz CT molecular complexity index is 1030. The Morgan fingerprint density at radius 2 is 2.07 bits per heavy atom. The van der Waals surface area contributed by atoms with Crippen LogP contribution in [0.15, 0.2) is 28.2 Å². The number of anilines is 1. The van der Waals surface area contributed by atoms with E-state index >= 15 is 4.39 Å². The molecule has 1 fully saturated rings. The van der Waals surface area contributed by atoms with Gasteiger partial charge >= 0.3 is 0 Å². The second-order valence-corrected chi connectivity index (χ2v) is 8.08. The second kappa shape index (κ2) is 8.95. The molecule has 0 saturated heterocycles. The van der Waals surface area contributed by atoms with Crippen LogP contribution in [0, 0.1) is 11.7 Å². The normalized spacial score (nSPS) is 14.4. The third-order valence-electron chi connectivity index (χ3n) is 5.51. The van der Waals surface area contributed by atoms with Crippen molar-refractivity contribution in [1.29, 1.82) is 0 Å². The fourth-order valence-electron chi connectivity index (χ4n) is 3.58. The Labute approximate surface area is 175 Å². The smallest absolute Gasteiger partial charge is 0.258 e. The lowest BCUT2D eigenvalue weighted by molar-refractivity contribution is -0.114. The van der Waals surface area contributed by atoms with Gasteiger partial charge in [-0.05, 0) is 54.7 Å². The molecule has 1 N–H and O–H groups in total. The van der Waals surface area contributed by atoms with Gasteiger partial charge in [0.2, 0.25) is 6.41 Å². The van der Waals surface area contributed by atoms with Gasteiger partial charge in [-0.25, -0.2) is 4.39 Å². The minimum atomic E-state index is -0.587. The molecule has 0 radical (unpaired) electrons. The van der Waals surface area contributed by atoms with E-state index in [1.54, 1.807) is 24.6 Å². The highest BCUT2D eigenvalue weighted by Crippen LogP contribution is 2.33. The first-order valence-electron chi connectivity index (χ1n) is 10.3. The number of fused-ring (bicyclic) bond motifs is 1. The van der Waals surface area contributed by atoms with E-state index in [2.05, 4.69) is 5.10 Å². The number of benzene rings is 1. The monoisotopic (exact) mass is 416 g/mol. The van der Waals surface area contributed by atoms with Gasteiger partial charge < -0.3 is 9.67 Å². The number of rotatable bonds is 8. The van der Waals surface area contributed by atoms with Crippen LogP contribution in [0.3, 0.4) is 0 Å². The van der Waals surface area contributed by atoms with Crippen LogP contribution in [-0.2, 0) is 11.3 Å². The highest BCUT2D eigenvalue weighted by molar-refractivity contribution is 5.93. The molecule has 0 aliphatic heterocycles. The van der Waals surface area contributed by atoms with Crippen molar-refractivity contribution in [3.8, 4) is 0 Å². The quantitative estimate of drug-likeness (QED) is 0.311. The van der Waals surface area contributed by atoms with E-state index < -0.39 is 12.4 Å². The van der Waals surface area contributed by atoms with Crippen LogP contribution in [0.5, 0.6) is 0 Å². The van der Waals surface area contributed by atoms with Gasteiger partial charge in [0, 0.05) is 26.3 Å². The molecule has 1 aromatic heterocycles. The second-order valence-electron chi connectivity index (χ2n) is 8.08. The zero-order chi connectivity index (χ0) is 22.0. The molecule has 1 saturated carbocycles. The lowest BCUT2D eigenvalue weighted by Gasteiger charge is -2.22. The van der Waals surface area contributed by atoms with Crippen LogP contribution < -0.4 is 10.6 Å². The van der Waals surface area contributed by atoms with E-state index in [0.29, 0.717) is 36.2 Å². The Morgan fingerprint density at radius 3 is 2.60 bits per heavy atom. The van der Waals surface area contributed by atoms with E-state index in [4.69, 9.17) is 0 Å². The molecule has 162 valence electrons. The Hall–Kier alpha value is -2.74. The van der Waals surface area contributed by atoms with Gasteiger partial charge in [-0.15, -0.1) is 0 Å². The maximum Gasteiger partial charge on any atom is 0.258 e. The number of aromatic nitrogens is 1. The van der Waals surface area contributed by atoms with Gasteiger partial charge in [0.1, 0.15) is 12.4 Å². The fraction of sp³-hybridized carbons (Fsp3) is 0.500. The fourth-order valence-corrected chi connectivity index (χ4v) is 3.58. The standard InChI is InChI=1S/C22H29FN4O3/c1-5-26(13-29)21(12-28)24-25(4)20-9-16-17(8-19(20)23)22(30)27(10-15-6-7-15)11-18(16)14(2)3/h8-9,11,13-15,28H,5-7,10,12H2,1-4H3/b24-21-. The van der Waals surface area contributed by atoms with E-state index in [1.807, 2.05) is 20.0 Å². The van der Waals surface area contributed by atoms with Crippen LogP contribution in [0.4, 0.5) is 10.1 Å². The molecular weight excluding hydrogens is 387 g/mol. The molecule has 8 heteroatoms. The average molecular weight is 416 g/mol. The number of hydrogen-bond donors (Lipinski definition) is 1. The first-order valence-corrected chi connectivity index (χ1v) is 10.3. The van der Waals surface area contributed by atoms with Crippen LogP contribution in [-0.4, -0.2) is 47.0 Å². The van der Waals surface area contributed by atoms with Crippen molar-refractivity contribution in [2.75, 3.05) is 25.2 Å². The van der Waals surface area contributed by atoms with Gasteiger partial charge in [0.25, 0.3) is 5.56 Å². The molecule has 0 bridgehead atoms. The third-order valence-corrected chi connectivity index (χ3v) is 5.51. The maximum absolute atomic E-state index is 15.0. The molecule has 2 aromatic rings. The summed E-state index contributed by atoms with van der Waals surface area (Å²) in [6.07, 6.45) is 4.71. The predicted molar refractivity (Wildman–Crippen MR) is 116 cm³/mol. The first-order chi connectivity index (χ1) is 14.3. The number of pyridine rings is 1. The summed E-state index contributed by atoms with van der Waals surface area (Å²) in [6, 6.07) is 2.89. The molecule has 0 unspecified atom stereocenters. The summed E-state index contributed by atoms with van der Waals surface area (Å²) < 4.78 is 16.7. The molecule has 1 amide bonds. The van der Waals surface area contributed by atoms with Crippen molar-refractivity contribution in [1.82, 2.24) is 9.47 Å². The van der Waals surface area contributed by atoms with Crippen molar-refractivity contribution in [3.05, 3.63) is 40.1 Å². The molecular formula is C22H29FN4O3. The van der Waals surface area contributed by atoms with E-state index in [9.17, 15) is 14.7 Å². The van der Waals surface area contributed by atoms with Gasteiger partial charge in [0.05, 0.1) is 11.1 Å². The predicted octanol–water partition coefficient (Wildman–Crippen LogP) is 2.89. The van der Waals surface area contributed by atoms with Gasteiger partial charge in [-0.3, -0.25) is 19.5 Å². The van der Waals surface area contributed by atoms with Crippen molar-refractivity contribution >= 4 is 28.7 Å². The molecule has 0 atom stereocenters. The number of carbonyl (C=O) groups excluding carboxylic acids is 1. The van der Waals surface area contributed by atoms with E-state index in [0.717, 1.165) is 18.4 Å². The highest BCUT2D eigenvalue weighted by Gasteiger charge is 2.24. The number of nitrogens with zero attached hydrogens (tertiary/aromatic N) is 4. The number of amidine groups is 1. The van der Waals surface area contributed by atoms with Crippen LogP contribution >= 0.6 is 0 Å². The third kappa shape index (κ3) is 4.38. The zero-order valence-electron chi connectivity index (χ0n) is 17.9. The number of carbonyl (C=O) groups is 1. The summed E-state index contributed by atoms with van der Waals surface area (Å²) in [4.78, 5) is 25.4. The molecule has 0 spiro atoms. The molecule has 1 heterocycles. The topological polar surface area (TPSA) is 78.1 Å². The molecule has 3 rings (SSSR count). The van der Waals surface area contributed by atoms with Gasteiger partial charge in [-0.1, -0.05) is 13.8 Å². The molecule has 1 aliphatic carbocycles. The summed E-state index contributed by atoms with van der Waals surface area (Å²) in [6.45, 7) is 6.36. The van der Waals surface area contributed by atoms with Crippen LogP contribution in [0.2, 0.25) is 0 Å². The lowest BCUT2D eigenvalue weighted by atomic mass is 9.97. The van der Waals surface area contributed by atoms with E-state index in [1.165, 1.54) is 16.0 Å². The molecule has 1 aliphatic rings. The number of halogens is 1. The number of likely N-dealkylation sites (N-methyl/N-ethyl adjacent to an activating group) is 1. The van der Waals surface area contributed by atoms with Crippen LogP contribution in [0.25, 0.3) is 10.8 Å². The molecule has 1 aromatic carbocycles. The van der Waals surface area contributed by atoms with Crippen LogP contribution in [0.1, 0.15) is 45.1 Å². The number of aliphatic hydroxyl groups is 1. The SMILES string of the molecule is CCN(C=O)/C(CO)=N\N(C)c1cc2c(C(C)C)cn(CC3CC3)c(=O)c2cc1F. The summed E-state index contributed by atoms with van der Waals surface area (Å²) in [5, 5.41) is 16.1. The summed E-state index contributed by atoms with van der Waals surface area (Å²) in [5.74, 6) is 0.194. The first kappa shape index (κ1) is 22.0. The largest absolute Gasteiger partial charge is 0.388 e. The Balaban J connectivity index is 2.13. The number of hydrazone groups is 1. The molecule has 30 heavy (non-hydrogen) atoms. The van der Waals surface area contributed by atoms with Gasteiger partial charge in [0.15, 0.2) is 5.84 Å². The van der Waals surface area contributed by atoms with E-state index in [-0.39, 0.29) is 23.0 Å².